The lowest BCUT2D eigenvalue weighted by atomic mass is 9.79. The molecule has 7 nitrogen and oxygen atoms in total. The van der Waals surface area contributed by atoms with E-state index in [-0.39, 0.29) is 23.3 Å². The summed E-state index contributed by atoms with van der Waals surface area (Å²) in [7, 11) is 1.76. The third-order valence-corrected chi connectivity index (χ3v) is 6.64. The van der Waals surface area contributed by atoms with Crippen molar-refractivity contribution in [1.82, 2.24) is 4.90 Å². The van der Waals surface area contributed by atoms with Crippen LogP contribution in [-0.2, 0) is 16.9 Å². The molecule has 0 bridgehead atoms. The standard InChI is InChI=1S/C25H22FN3O4/c1-28-14-20(17-9-11-19(12-10-17)33-15-16-5-4-6-18(26)13-16)23(29(31)32)25(28)21-7-2-3-8-22(21)27-24(25)30/h2-13,20,23H,14-15H2,1H3,(H,27,30)/t20-,23-,25+/m1/s1. The van der Waals surface area contributed by atoms with Crippen molar-refractivity contribution in [3.8, 4) is 5.75 Å². The van der Waals surface area contributed by atoms with Gasteiger partial charge in [0.15, 0.2) is 5.54 Å². The van der Waals surface area contributed by atoms with Crippen LogP contribution in [0.5, 0.6) is 5.75 Å². The molecule has 0 unspecified atom stereocenters. The third-order valence-electron chi connectivity index (χ3n) is 6.64. The number of para-hydroxylation sites is 1. The van der Waals surface area contributed by atoms with E-state index in [2.05, 4.69) is 5.32 Å². The van der Waals surface area contributed by atoms with Gasteiger partial charge >= 0.3 is 0 Å². The molecule has 0 radical (unpaired) electrons. The number of nitrogens with zero attached hydrogens (tertiary/aromatic N) is 2. The second-order valence-electron chi connectivity index (χ2n) is 8.47. The van der Waals surface area contributed by atoms with Gasteiger partial charge in [0.25, 0.3) is 11.9 Å². The van der Waals surface area contributed by atoms with E-state index in [0.29, 0.717) is 29.1 Å². The SMILES string of the molecule is CN1C[C@H](c2ccc(OCc3cccc(F)c3)cc2)[C@@H]([N+](=O)[O-])[C@@]12C(=O)Nc1ccccc12. The molecule has 2 aliphatic rings. The summed E-state index contributed by atoms with van der Waals surface area (Å²) in [6, 6.07) is 19.3. The highest BCUT2D eigenvalue weighted by molar-refractivity contribution is 6.06. The number of carbonyl (C=O) groups excluding carboxylic acids is 1. The van der Waals surface area contributed by atoms with Crippen LogP contribution in [0.15, 0.2) is 72.8 Å². The van der Waals surface area contributed by atoms with Crippen molar-refractivity contribution < 1.29 is 18.8 Å². The Balaban J connectivity index is 1.43. The molecule has 0 aliphatic carbocycles. The van der Waals surface area contributed by atoms with E-state index in [1.165, 1.54) is 12.1 Å². The van der Waals surface area contributed by atoms with Crippen molar-refractivity contribution in [1.29, 1.82) is 0 Å². The average Bonchev–Trinajstić information content (AvgIpc) is 3.28. The number of hydrogen-bond acceptors (Lipinski definition) is 5. The quantitative estimate of drug-likeness (QED) is 0.473. The van der Waals surface area contributed by atoms with E-state index < -0.39 is 17.5 Å². The Bertz CT molecular complexity index is 1230. The fraction of sp³-hybridized carbons (Fsp3) is 0.240. The minimum absolute atomic E-state index is 0.209. The van der Waals surface area contributed by atoms with Crippen LogP contribution in [0.4, 0.5) is 10.1 Å². The molecule has 2 heterocycles. The van der Waals surface area contributed by atoms with Gasteiger partial charge in [0.2, 0.25) is 0 Å². The first-order chi connectivity index (χ1) is 15.9. The maximum Gasteiger partial charge on any atom is 0.256 e. The van der Waals surface area contributed by atoms with E-state index in [9.17, 15) is 19.3 Å². The predicted octanol–water partition coefficient (Wildman–Crippen LogP) is 3.93. The monoisotopic (exact) mass is 447 g/mol. The summed E-state index contributed by atoms with van der Waals surface area (Å²) in [5, 5.41) is 15.2. The molecule has 1 N–H and O–H groups in total. The minimum Gasteiger partial charge on any atom is -0.489 e. The number of likely N-dealkylation sites (N-methyl/N-ethyl adjacent to an activating group) is 1. The van der Waals surface area contributed by atoms with Gasteiger partial charge in [-0.05, 0) is 48.5 Å². The number of anilines is 1. The molecule has 8 heteroatoms. The van der Waals surface area contributed by atoms with Gasteiger partial charge in [0.05, 0.1) is 5.92 Å². The number of ether oxygens (including phenoxy) is 1. The lowest BCUT2D eigenvalue weighted by Gasteiger charge is -2.30. The van der Waals surface area contributed by atoms with Gasteiger partial charge in [-0.1, -0.05) is 42.5 Å². The van der Waals surface area contributed by atoms with Crippen LogP contribution in [0, 0.1) is 15.9 Å². The van der Waals surface area contributed by atoms with E-state index in [1.54, 1.807) is 72.6 Å². The number of benzene rings is 3. The molecular formula is C25H22FN3O4. The zero-order chi connectivity index (χ0) is 23.2. The number of carbonyl (C=O) groups is 1. The van der Waals surface area contributed by atoms with Crippen LogP contribution in [-0.4, -0.2) is 35.4 Å². The molecule has 3 aromatic carbocycles. The summed E-state index contributed by atoms with van der Waals surface area (Å²) in [4.78, 5) is 27.0. The molecule has 1 amide bonds. The van der Waals surface area contributed by atoms with E-state index >= 15 is 0 Å². The molecule has 5 rings (SSSR count). The molecule has 0 saturated carbocycles. The fourth-order valence-electron chi connectivity index (χ4n) is 5.18. The molecule has 2 aliphatic heterocycles. The third kappa shape index (κ3) is 3.34. The Morgan fingerprint density at radius 2 is 1.91 bits per heavy atom. The number of nitro groups is 1. The lowest BCUT2D eigenvalue weighted by molar-refractivity contribution is -0.534. The van der Waals surface area contributed by atoms with E-state index in [4.69, 9.17) is 4.74 Å². The van der Waals surface area contributed by atoms with Gasteiger partial charge in [-0.3, -0.25) is 19.8 Å². The number of nitrogens with one attached hydrogen (secondary N) is 1. The van der Waals surface area contributed by atoms with Gasteiger partial charge in [-0.25, -0.2) is 4.39 Å². The van der Waals surface area contributed by atoms with Gasteiger partial charge < -0.3 is 10.1 Å². The molecule has 3 aromatic rings. The molecular weight excluding hydrogens is 425 g/mol. The number of fused-ring (bicyclic) bond motifs is 2. The van der Waals surface area contributed by atoms with Gasteiger partial charge in [0, 0.05) is 22.7 Å². The van der Waals surface area contributed by atoms with E-state index in [0.717, 1.165) is 5.56 Å². The van der Waals surface area contributed by atoms with Crippen molar-refractivity contribution in [2.24, 2.45) is 0 Å². The average molecular weight is 447 g/mol. The summed E-state index contributed by atoms with van der Waals surface area (Å²) >= 11 is 0. The number of halogens is 1. The van der Waals surface area contributed by atoms with Crippen LogP contribution in [0.2, 0.25) is 0 Å². The number of likely N-dealkylation sites (tertiary alicyclic amines) is 1. The van der Waals surface area contributed by atoms with Crippen molar-refractivity contribution in [3.05, 3.63) is 105 Å². The topological polar surface area (TPSA) is 84.7 Å². The Hall–Kier alpha value is -3.78. The van der Waals surface area contributed by atoms with Crippen LogP contribution in [0.3, 0.4) is 0 Å². The van der Waals surface area contributed by atoms with Crippen molar-refractivity contribution >= 4 is 11.6 Å². The normalized spacial score (nSPS) is 24.0. The lowest BCUT2D eigenvalue weighted by Crippen LogP contribution is -2.54. The maximum absolute atomic E-state index is 13.4. The Morgan fingerprint density at radius 1 is 1.15 bits per heavy atom. The smallest absolute Gasteiger partial charge is 0.256 e. The largest absolute Gasteiger partial charge is 0.489 e. The summed E-state index contributed by atoms with van der Waals surface area (Å²) in [6.07, 6.45) is 0. The van der Waals surface area contributed by atoms with Crippen LogP contribution < -0.4 is 10.1 Å². The van der Waals surface area contributed by atoms with Crippen molar-refractivity contribution in [2.45, 2.75) is 24.1 Å². The second kappa shape index (κ2) is 7.97. The van der Waals surface area contributed by atoms with Crippen LogP contribution in [0.25, 0.3) is 0 Å². The predicted molar refractivity (Wildman–Crippen MR) is 120 cm³/mol. The number of amides is 1. The molecule has 1 spiro atoms. The summed E-state index contributed by atoms with van der Waals surface area (Å²) < 4.78 is 19.1. The minimum atomic E-state index is -1.36. The Kier molecular flexibility index (Phi) is 5.09. The Labute approximate surface area is 189 Å². The van der Waals surface area contributed by atoms with Crippen molar-refractivity contribution in [3.63, 3.8) is 0 Å². The molecule has 1 fully saturated rings. The first-order valence-electron chi connectivity index (χ1n) is 10.6. The first kappa shape index (κ1) is 21.1. The highest BCUT2D eigenvalue weighted by Gasteiger charge is 2.68. The molecule has 3 atom stereocenters. The van der Waals surface area contributed by atoms with Crippen LogP contribution in [0.1, 0.15) is 22.6 Å². The van der Waals surface area contributed by atoms with E-state index in [1.807, 2.05) is 0 Å². The molecule has 0 aromatic heterocycles. The van der Waals surface area contributed by atoms with Gasteiger partial charge in [-0.15, -0.1) is 0 Å². The Morgan fingerprint density at radius 3 is 2.64 bits per heavy atom. The number of hydrogen-bond donors (Lipinski definition) is 1. The molecule has 33 heavy (non-hydrogen) atoms. The van der Waals surface area contributed by atoms with Crippen LogP contribution >= 0.6 is 0 Å². The first-order valence-corrected chi connectivity index (χ1v) is 10.6. The molecule has 168 valence electrons. The molecule has 1 saturated heterocycles. The highest BCUT2D eigenvalue weighted by atomic mass is 19.1. The summed E-state index contributed by atoms with van der Waals surface area (Å²) in [5.74, 6) is -0.607. The zero-order valence-electron chi connectivity index (χ0n) is 17.9. The zero-order valence-corrected chi connectivity index (χ0v) is 17.9. The maximum atomic E-state index is 13.4. The van der Waals surface area contributed by atoms with Gasteiger partial charge in [-0.2, -0.15) is 0 Å². The number of rotatable bonds is 5. The highest BCUT2D eigenvalue weighted by Crippen LogP contribution is 2.51. The summed E-state index contributed by atoms with van der Waals surface area (Å²) in [6.45, 7) is 0.567. The summed E-state index contributed by atoms with van der Waals surface area (Å²) in [5.41, 5.74) is 1.35. The fourth-order valence-corrected chi connectivity index (χ4v) is 5.18. The van der Waals surface area contributed by atoms with Crippen molar-refractivity contribution in [2.75, 3.05) is 18.9 Å². The van der Waals surface area contributed by atoms with Gasteiger partial charge in [0.1, 0.15) is 18.2 Å². The second-order valence-corrected chi connectivity index (χ2v) is 8.47.